The van der Waals surface area contributed by atoms with Gasteiger partial charge in [-0.1, -0.05) is 49.2 Å². The van der Waals surface area contributed by atoms with E-state index in [4.69, 9.17) is 9.26 Å². The molecule has 1 aliphatic rings. The van der Waals surface area contributed by atoms with Gasteiger partial charge in [-0.25, -0.2) is 0 Å². The summed E-state index contributed by atoms with van der Waals surface area (Å²) in [5.41, 5.74) is 3.32. The molecule has 2 aromatic carbocycles. The second-order valence-electron chi connectivity index (χ2n) is 7.78. The van der Waals surface area contributed by atoms with Gasteiger partial charge in [-0.15, -0.1) is 0 Å². The lowest BCUT2D eigenvalue weighted by atomic mass is 9.77. The summed E-state index contributed by atoms with van der Waals surface area (Å²) in [4.78, 5) is 4.56. The van der Waals surface area contributed by atoms with Crippen molar-refractivity contribution >= 4 is 0 Å². The lowest BCUT2D eigenvalue weighted by Crippen LogP contribution is -2.13. The number of hydrogen-bond acceptors (Lipinski definition) is 4. The molecule has 0 spiro atoms. The van der Waals surface area contributed by atoms with Crippen LogP contribution in [0.1, 0.15) is 56.9 Å². The van der Waals surface area contributed by atoms with E-state index in [-0.39, 0.29) is 0 Å². The minimum atomic E-state index is 0.524. The monoisotopic (exact) mass is 376 g/mol. The first kappa shape index (κ1) is 18.7. The van der Waals surface area contributed by atoms with Crippen LogP contribution in [0.3, 0.4) is 0 Å². The van der Waals surface area contributed by atoms with E-state index in [1.807, 2.05) is 24.3 Å². The molecule has 4 rings (SSSR count). The molecule has 0 amide bonds. The van der Waals surface area contributed by atoms with Gasteiger partial charge >= 0.3 is 0 Å². The summed E-state index contributed by atoms with van der Waals surface area (Å²) in [5, 5.41) is 4.16. The van der Waals surface area contributed by atoms with E-state index < -0.39 is 0 Å². The molecule has 1 aliphatic carbocycles. The van der Waals surface area contributed by atoms with Gasteiger partial charge in [0.05, 0.1) is 7.11 Å². The van der Waals surface area contributed by atoms with E-state index in [1.54, 1.807) is 7.11 Å². The molecule has 1 fully saturated rings. The van der Waals surface area contributed by atoms with Crippen molar-refractivity contribution < 1.29 is 9.26 Å². The Bertz CT molecular complexity index is 876. The van der Waals surface area contributed by atoms with Gasteiger partial charge in [0.15, 0.2) is 0 Å². The Balaban J connectivity index is 1.43. The number of hydrogen-bond donors (Lipinski definition) is 0. The topological polar surface area (TPSA) is 48.2 Å². The largest absolute Gasteiger partial charge is 0.497 e. The SMILES string of the molecule is CCCC1CCC(c2ccc(-c3noc(-c4ccc(OC)cc4)n3)cc2)CC1. The maximum absolute atomic E-state index is 5.46. The first-order chi connectivity index (χ1) is 13.8. The van der Waals surface area contributed by atoms with E-state index in [0.29, 0.717) is 17.6 Å². The lowest BCUT2D eigenvalue weighted by molar-refractivity contribution is 0.308. The third kappa shape index (κ3) is 4.11. The molecule has 0 saturated heterocycles. The van der Waals surface area contributed by atoms with Crippen molar-refractivity contribution in [2.45, 2.75) is 51.4 Å². The predicted molar refractivity (Wildman–Crippen MR) is 111 cm³/mol. The maximum atomic E-state index is 5.46. The number of rotatable bonds is 6. The van der Waals surface area contributed by atoms with Crippen molar-refractivity contribution in [3.8, 4) is 28.6 Å². The zero-order chi connectivity index (χ0) is 19.3. The number of methoxy groups -OCH3 is 1. The van der Waals surface area contributed by atoms with Crippen molar-refractivity contribution in [1.82, 2.24) is 10.1 Å². The van der Waals surface area contributed by atoms with Crippen molar-refractivity contribution in [1.29, 1.82) is 0 Å². The molecule has 0 bridgehead atoms. The van der Waals surface area contributed by atoms with Crippen LogP contribution in [0.25, 0.3) is 22.8 Å². The molecular formula is C24H28N2O2. The van der Waals surface area contributed by atoms with Gasteiger partial charge in [0.2, 0.25) is 5.82 Å². The summed E-state index contributed by atoms with van der Waals surface area (Å²) in [5.74, 6) is 3.60. The molecule has 3 aromatic rings. The fraction of sp³-hybridized carbons (Fsp3) is 0.417. The average Bonchev–Trinajstić information content (AvgIpc) is 3.25. The predicted octanol–water partition coefficient (Wildman–Crippen LogP) is 6.49. The number of ether oxygens (including phenoxy) is 1. The molecule has 4 nitrogen and oxygen atoms in total. The first-order valence-corrected chi connectivity index (χ1v) is 10.3. The van der Waals surface area contributed by atoms with E-state index in [1.165, 1.54) is 44.1 Å². The first-order valence-electron chi connectivity index (χ1n) is 10.3. The summed E-state index contributed by atoms with van der Waals surface area (Å²) in [6.07, 6.45) is 8.07. The summed E-state index contributed by atoms with van der Waals surface area (Å²) < 4.78 is 10.6. The maximum Gasteiger partial charge on any atom is 0.258 e. The highest BCUT2D eigenvalue weighted by Crippen LogP contribution is 2.38. The summed E-state index contributed by atoms with van der Waals surface area (Å²) in [6, 6.07) is 16.4. The second kappa shape index (κ2) is 8.59. The number of nitrogens with zero attached hydrogens (tertiary/aromatic N) is 2. The van der Waals surface area contributed by atoms with E-state index in [9.17, 15) is 0 Å². The Hall–Kier alpha value is -2.62. The zero-order valence-electron chi connectivity index (χ0n) is 16.7. The lowest BCUT2D eigenvalue weighted by Gasteiger charge is -2.28. The third-order valence-electron chi connectivity index (χ3n) is 5.95. The van der Waals surface area contributed by atoms with Gasteiger partial charge in [-0.05, 0) is 67.3 Å². The Morgan fingerprint density at radius 2 is 1.61 bits per heavy atom. The van der Waals surface area contributed by atoms with Gasteiger partial charge in [-0.3, -0.25) is 0 Å². The van der Waals surface area contributed by atoms with Crippen LogP contribution in [0.2, 0.25) is 0 Å². The molecule has 146 valence electrons. The van der Waals surface area contributed by atoms with Crippen LogP contribution < -0.4 is 4.74 Å². The van der Waals surface area contributed by atoms with Crippen LogP contribution in [0.4, 0.5) is 0 Å². The van der Waals surface area contributed by atoms with Crippen LogP contribution >= 0.6 is 0 Å². The molecule has 1 saturated carbocycles. The second-order valence-corrected chi connectivity index (χ2v) is 7.78. The highest BCUT2D eigenvalue weighted by atomic mass is 16.5. The third-order valence-corrected chi connectivity index (χ3v) is 5.95. The molecule has 0 aliphatic heterocycles. The van der Waals surface area contributed by atoms with Crippen LogP contribution in [0.15, 0.2) is 53.1 Å². The molecular weight excluding hydrogens is 348 g/mol. The Morgan fingerprint density at radius 3 is 2.25 bits per heavy atom. The van der Waals surface area contributed by atoms with Crippen molar-refractivity contribution in [2.75, 3.05) is 7.11 Å². The minimum Gasteiger partial charge on any atom is -0.497 e. The van der Waals surface area contributed by atoms with Crippen LogP contribution in [-0.2, 0) is 0 Å². The Morgan fingerprint density at radius 1 is 0.929 bits per heavy atom. The summed E-state index contributed by atoms with van der Waals surface area (Å²) >= 11 is 0. The summed E-state index contributed by atoms with van der Waals surface area (Å²) in [7, 11) is 1.65. The molecule has 28 heavy (non-hydrogen) atoms. The fourth-order valence-corrected chi connectivity index (χ4v) is 4.29. The highest BCUT2D eigenvalue weighted by Gasteiger charge is 2.22. The smallest absolute Gasteiger partial charge is 0.258 e. The van der Waals surface area contributed by atoms with Gasteiger partial charge < -0.3 is 9.26 Å². The van der Waals surface area contributed by atoms with E-state index >= 15 is 0 Å². The molecule has 1 aromatic heterocycles. The van der Waals surface area contributed by atoms with Crippen molar-refractivity contribution in [2.24, 2.45) is 5.92 Å². The van der Waals surface area contributed by atoms with Gasteiger partial charge in [0.25, 0.3) is 5.89 Å². The molecule has 0 atom stereocenters. The molecule has 0 unspecified atom stereocenters. The van der Waals surface area contributed by atoms with Crippen LogP contribution in [0, 0.1) is 5.92 Å². The summed E-state index contributed by atoms with van der Waals surface area (Å²) in [6.45, 7) is 2.29. The molecule has 0 N–H and O–H groups in total. The van der Waals surface area contributed by atoms with E-state index in [0.717, 1.165) is 22.8 Å². The van der Waals surface area contributed by atoms with Gasteiger partial charge in [-0.2, -0.15) is 4.98 Å². The Labute approximate surface area is 166 Å². The standard InChI is InChI=1S/C24H28N2O2/c1-3-4-17-5-7-18(8-6-17)19-9-11-20(12-10-19)23-25-24(28-26-23)21-13-15-22(27-2)16-14-21/h9-18H,3-8H2,1-2H3. The van der Waals surface area contributed by atoms with Gasteiger partial charge in [0, 0.05) is 11.1 Å². The quantitative estimate of drug-likeness (QED) is 0.493. The van der Waals surface area contributed by atoms with Crippen LogP contribution in [0.5, 0.6) is 5.75 Å². The van der Waals surface area contributed by atoms with Gasteiger partial charge in [0.1, 0.15) is 5.75 Å². The van der Waals surface area contributed by atoms with E-state index in [2.05, 4.69) is 41.3 Å². The average molecular weight is 377 g/mol. The minimum absolute atomic E-state index is 0.524. The number of benzene rings is 2. The van der Waals surface area contributed by atoms with Crippen molar-refractivity contribution in [3.05, 3.63) is 54.1 Å². The highest BCUT2D eigenvalue weighted by molar-refractivity contribution is 5.60. The number of aromatic nitrogens is 2. The zero-order valence-corrected chi connectivity index (χ0v) is 16.7. The van der Waals surface area contributed by atoms with Crippen LogP contribution in [-0.4, -0.2) is 17.3 Å². The normalized spacial score (nSPS) is 19.5. The molecule has 4 heteroatoms. The van der Waals surface area contributed by atoms with Crippen molar-refractivity contribution in [3.63, 3.8) is 0 Å². The molecule has 0 radical (unpaired) electrons. The Kier molecular flexibility index (Phi) is 5.75. The molecule has 1 heterocycles. The fourth-order valence-electron chi connectivity index (χ4n) is 4.29.